The summed E-state index contributed by atoms with van der Waals surface area (Å²) in [6, 6.07) is 0.541. The van der Waals surface area contributed by atoms with Gasteiger partial charge in [-0.15, -0.1) is 0 Å². The van der Waals surface area contributed by atoms with Crippen molar-refractivity contribution in [3.05, 3.63) is 64.2 Å². The Morgan fingerprint density at radius 3 is 1.90 bits per heavy atom. The first kappa shape index (κ1) is 30.9. The topological polar surface area (TPSA) is 70.1 Å². The molecule has 1 heterocycles. The Hall–Kier alpha value is -3.65. The summed E-state index contributed by atoms with van der Waals surface area (Å²) >= 11 is 0. The van der Waals surface area contributed by atoms with Gasteiger partial charge in [-0.05, 0) is 67.3 Å². The first-order chi connectivity index (χ1) is 18.4. The molecule has 220 valence electrons. The second-order valence-corrected chi connectivity index (χ2v) is 8.98. The van der Waals surface area contributed by atoms with Crippen LogP contribution in [0, 0.1) is 0 Å². The number of halogens is 9. The Kier molecular flexibility index (Phi) is 8.56. The van der Waals surface area contributed by atoms with Crippen LogP contribution in [0.1, 0.15) is 60.5 Å². The standard InChI is InChI=1S/C25H23F9N2O4/c1-3-17-11-20(18-10-14(23(26,27)28)5-6-19(18)36(17)22(39)40-4-2)35(21(37)38)12-13-7-15(24(29,30)31)9-16(8-13)25(32,33)34/h5-10,17,20H,3-4,11-12H2,1-2H3,(H,37,38)/t17-,20+/m1/s1. The van der Waals surface area contributed by atoms with E-state index in [2.05, 4.69) is 0 Å². The van der Waals surface area contributed by atoms with Crippen LogP contribution in [0.4, 0.5) is 54.8 Å². The number of fused-ring (bicyclic) bond motifs is 1. The summed E-state index contributed by atoms with van der Waals surface area (Å²) in [4.78, 5) is 26.6. The lowest BCUT2D eigenvalue weighted by Gasteiger charge is -2.43. The van der Waals surface area contributed by atoms with Crippen molar-refractivity contribution in [2.24, 2.45) is 0 Å². The molecule has 3 rings (SSSR count). The van der Waals surface area contributed by atoms with Crippen molar-refractivity contribution >= 4 is 17.9 Å². The Bertz CT molecular complexity index is 1230. The summed E-state index contributed by atoms with van der Waals surface area (Å²) in [6.45, 7) is 2.01. The van der Waals surface area contributed by atoms with Crippen LogP contribution < -0.4 is 4.90 Å². The van der Waals surface area contributed by atoms with Gasteiger partial charge in [0.25, 0.3) is 0 Å². The summed E-state index contributed by atoms with van der Waals surface area (Å²) in [5, 5.41) is 9.97. The highest BCUT2D eigenvalue weighted by Crippen LogP contribution is 2.45. The minimum atomic E-state index is -5.20. The Morgan fingerprint density at radius 1 is 0.900 bits per heavy atom. The van der Waals surface area contributed by atoms with Crippen LogP contribution in [0.5, 0.6) is 0 Å². The van der Waals surface area contributed by atoms with E-state index >= 15 is 0 Å². The molecule has 0 unspecified atom stereocenters. The zero-order valence-corrected chi connectivity index (χ0v) is 20.9. The van der Waals surface area contributed by atoms with Gasteiger partial charge in [0.2, 0.25) is 0 Å². The van der Waals surface area contributed by atoms with Crippen molar-refractivity contribution in [2.75, 3.05) is 11.5 Å². The molecule has 0 spiro atoms. The molecule has 2 aromatic rings. The number of hydrogen-bond donors (Lipinski definition) is 1. The molecule has 0 saturated carbocycles. The molecule has 0 aliphatic carbocycles. The van der Waals surface area contributed by atoms with Crippen molar-refractivity contribution < 1.29 is 58.9 Å². The van der Waals surface area contributed by atoms with E-state index in [4.69, 9.17) is 4.74 Å². The maximum absolute atomic E-state index is 13.6. The molecule has 6 nitrogen and oxygen atoms in total. The maximum atomic E-state index is 13.6. The van der Waals surface area contributed by atoms with Crippen molar-refractivity contribution in [1.29, 1.82) is 0 Å². The van der Waals surface area contributed by atoms with Crippen LogP contribution in [0.3, 0.4) is 0 Å². The fourth-order valence-corrected chi connectivity index (χ4v) is 4.61. The first-order valence-electron chi connectivity index (χ1n) is 11.8. The van der Waals surface area contributed by atoms with Gasteiger partial charge in [0.1, 0.15) is 0 Å². The van der Waals surface area contributed by atoms with Gasteiger partial charge >= 0.3 is 30.7 Å². The van der Waals surface area contributed by atoms with Gasteiger partial charge in [0.05, 0.1) is 35.0 Å². The van der Waals surface area contributed by atoms with Crippen LogP contribution in [-0.4, -0.2) is 34.8 Å². The number of carbonyl (C=O) groups excluding carboxylic acids is 1. The summed E-state index contributed by atoms with van der Waals surface area (Å²) < 4.78 is 126. The SMILES string of the molecule is CCOC(=O)N1c2ccc(C(F)(F)F)cc2[C@@H](N(Cc2cc(C(F)(F)F)cc(C(F)(F)F)c2)C(=O)O)C[C@H]1CC. The minimum Gasteiger partial charge on any atom is -0.465 e. The third kappa shape index (κ3) is 6.55. The van der Waals surface area contributed by atoms with E-state index < -0.39 is 71.6 Å². The lowest BCUT2D eigenvalue weighted by molar-refractivity contribution is -0.143. The average molecular weight is 586 g/mol. The molecule has 1 N–H and O–H groups in total. The average Bonchev–Trinajstić information content (AvgIpc) is 2.84. The van der Waals surface area contributed by atoms with Gasteiger partial charge in [-0.1, -0.05) is 6.92 Å². The number of rotatable bonds is 5. The van der Waals surface area contributed by atoms with Crippen LogP contribution in [0.25, 0.3) is 0 Å². The van der Waals surface area contributed by atoms with E-state index in [-0.39, 0.29) is 36.8 Å². The lowest BCUT2D eigenvalue weighted by Crippen LogP contribution is -2.48. The Labute approximate surface area is 221 Å². The van der Waals surface area contributed by atoms with Gasteiger partial charge in [0, 0.05) is 12.6 Å². The molecule has 1 aliphatic heterocycles. The molecule has 40 heavy (non-hydrogen) atoms. The summed E-state index contributed by atoms with van der Waals surface area (Å²) in [5.41, 5.74) is -5.66. The van der Waals surface area contributed by atoms with E-state index in [0.29, 0.717) is 29.2 Å². The molecule has 2 aromatic carbocycles. The van der Waals surface area contributed by atoms with Gasteiger partial charge in [-0.2, -0.15) is 39.5 Å². The molecule has 0 radical (unpaired) electrons. The van der Waals surface area contributed by atoms with Gasteiger partial charge in [-0.25, -0.2) is 9.59 Å². The lowest BCUT2D eigenvalue weighted by atomic mass is 9.87. The molecule has 0 aromatic heterocycles. The molecule has 2 atom stereocenters. The van der Waals surface area contributed by atoms with Gasteiger partial charge in [-0.3, -0.25) is 9.80 Å². The summed E-state index contributed by atoms with van der Waals surface area (Å²) in [6.07, 6.45) is -18.1. The zero-order chi connectivity index (χ0) is 30.2. The van der Waals surface area contributed by atoms with Crippen molar-refractivity contribution in [3.8, 4) is 0 Å². The fraction of sp³-hybridized carbons (Fsp3) is 0.440. The fourth-order valence-electron chi connectivity index (χ4n) is 4.61. The monoisotopic (exact) mass is 586 g/mol. The zero-order valence-electron chi connectivity index (χ0n) is 20.9. The van der Waals surface area contributed by atoms with Crippen LogP contribution >= 0.6 is 0 Å². The van der Waals surface area contributed by atoms with Gasteiger partial charge in [0.15, 0.2) is 0 Å². The number of alkyl halides is 9. The quantitative estimate of drug-likeness (QED) is 0.360. The second kappa shape index (κ2) is 11.1. The molecular formula is C25H23F9N2O4. The third-order valence-corrected chi connectivity index (χ3v) is 6.39. The van der Waals surface area contributed by atoms with Crippen molar-refractivity contribution in [3.63, 3.8) is 0 Å². The van der Waals surface area contributed by atoms with E-state index in [9.17, 15) is 54.2 Å². The number of nitrogens with zero attached hydrogens (tertiary/aromatic N) is 2. The highest BCUT2D eigenvalue weighted by molar-refractivity contribution is 5.90. The molecule has 0 fully saturated rings. The number of carbonyl (C=O) groups is 2. The molecular weight excluding hydrogens is 563 g/mol. The van der Waals surface area contributed by atoms with E-state index in [1.165, 1.54) is 6.92 Å². The largest absolute Gasteiger partial charge is 0.465 e. The highest BCUT2D eigenvalue weighted by Gasteiger charge is 2.43. The predicted molar refractivity (Wildman–Crippen MR) is 122 cm³/mol. The Morgan fingerprint density at radius 2 is 1.45 bits per heavy atom. The smallest absolute Gasteiger partial charge is 0.416 e. The predicted octanol–water partition coefficient (Wildman–Crippen LogP) is 8.11. The number of benzene rings is 2. The van der Waals surface area contributed by atoms with Gasteiger partial charge < -0.3 is 9.84 Å². The normalized spacial score (nSPS) is 17.8. The molecule has 0 bridgehead atoms. The number of ether oxygens (including phenoxy) is 1. The highest BCUT2D eigenvalue weighted by atomic mass is 19.4. The minimum absolute atomic E-state index is 0.0799. The second-order valence-electron chi connectivity index (χ2n) is 8.98. The molecule has 0 saturated heterocycles. The third-order valence-electron chi connectivity index (χ3n) is 6.39. The van der Waals surface area contributed by atoms with Crippen molar-refractivity contribution in [1.82, 2.24) is 4.90 Å². The van der Waals surface area contributed by atoms with Crippen LogP contribution in [-0.2, 0) is 29.8 Å². The van der Waals surface area contributed by atoms with Crippen molar-refractivity contribution in [2.45, 2.75) is 63.8 Å². The van der Waals surface area contributed by atoms with E-state index in [1.54, 1.807) is 6.92 Å². The summed E-state index contributed by atoms with van der Waals surface area (Å²) in [5.74, 6) is 0. The number of carboxylic acid groups (broad SMARTS) is 1. The van der Waals surface area contributed by atoms with Crippen LogP contribution in [0.2, 0.25) is 0 Å². The summed E-state index contributed by atoms with van der Waals surface area (Å²) in [7, 11) is 0. The maximum Gasteiger partial charge on any atom is 0.416 e. The molecule has 15 heteroatoms. The van der Waals surface area contributed by atoms with E-state index in [0.717, 1.165) is 11.0 Å². The molecule has 2 amide bonds. The Balaban J connectivity index is 2.20. The van der Waals surface area contributed by atoms with Crippen LogP contribution in [0.15, 0.2) is 36.4 Å². The first-order valence-corrected chi connectivity index (χ1v) is 11.8. The number of hydrogen-bond acceptors (Lipinski definition) is 3. The number of anilines is 1. The number of amides is 2. The molecule has 1 aliphatic rings. The van der Waals surface area contributed by atoms with E-state index in [1.807, 2.05) is 0 Å².